The van der Waals surface area contributed by atoms with E-state index >= 15 is 0 Å². The molecule has 1 heterocycles. The predicted octanol–water partition coefficient (Wildman–Crippen LogP) is 1.17. The molecule has 1 fully saturated rings. The number of aryl methyl sites for hydroxylation is 1. The lowest BCUT2D eigenvalue weighted by Gasteiger charge is -2.17. The first-order chi connectivity index (χ1) is 12.0. The molecule has 1 atom stereocenters. The van der Waals surface area contributed by atoms with Crippen LogP contribution in [-0.4, -0.2) is 37.5 Å². The first kappa shape index (κ1) is 18.5. The van der Waals surface area contributed by atoms with E-state index in [0.29, 0.717) is 0 Å². The third kappa shape index (κ3) is 5.05. The molecule has 0 aromatic heterocycles. The number of nitriles is 1. The Bertz CT molecular complexity index is 679. The van der Waals surface area contributed by atoms with Crippen molar-refractivity contribution in [3.63, 3.8) is 0 Å². The van der Waals surface area contributed by atoms with Crippen molar-refractivity contribution in [2.24, 2.45) is 5.92 Å². The molecule has 7 heteroatoms. The van der Waals surface area contributed by atoms with E-state index in [1.807, 2.05) is 30.3 Å². The Kier molecular flexibility index (Phi) is 6.52. The van der Waals surface area contributed by atoms with Crippen LogP contribution in [0, 0.1) is 17.2 Å². The van der Waals surface area contributed by atoms with Gasteiger partial charge in [-0.15, -0.1) is 0 Å². The van der Waals surface area contributed by atoms with E-state index in [1.165, 1.54) is 5.56 Å². The van der Waals surface area contributed by atoms with E-state index in [4.69, 9.17) is 10.00 Å². The summed E-state index contributed by atoms with van der Waals surface area (Å²) in [5.41, 5.74) is 1.93. The zero-order valence-corrected chi connectivity index (χ0v) is 14.2. The lowest BCUT2D eigenvalue weighted by atomic mass is 10.1. The SMILES string of the molecule is CCc1ccc(N2C[C@H](C(=O)OCC(=O)NCCC#N)CC2=O)cc1. The number of anilines is 1. The van der Waals surface area contributed by atoms with Gasteiger partial charge in [-0.3, -0.25) is 14.4 Å². The van der Waals surface area contributed by atoms with Crippen molar-refractivity contribution in [1.29, 1.82) is 5.26 Å². The first-order valence-electron chi connectivity index (χ1n) is 8.24. The molecule has 0 radical (unpaired) electrons. The van der Waals surface area contributed by atoms with E-state index in [2.05, 4.69) is 12.2 Å². The Hall–Kier alpha value is -2.88. The van der Waals surface area contributed by atoms with Crippen molar-refractivity contribution >= 4 is 23.5 Å². The number of nitrogens with one attached hydrogen (secondary N) is 1. The van der Waals surface area contributed by atoms with E-state index in [1.54, 1.807) is 4.90 Å². The molecule has 0 unspecified atom stereocenters. The summed E-state index contributed by atoms with van der Waals surface area (Å²) in [5.74, 6) is -1.73. The van der Waals surface area contributed by atoms with Gasteiger partial charge in [0.15, 0.2) is 6.61 Å². The molecule has 0 saturated carbocycles. The lowest BCUT2D eigenvalue weighted by Crippen LogP contribution is -2.31. The monoisotopic (exact) mass is 343 g/mol. The van der Waals surface area contributed by atoms with Gasteiger partial charge < -0.3 is 15.0 Å². The maximum Gasteiger partial charge on any atom is 0.311 e. The number of nitrogens with zero attached hydrogens (tertiary/aromatic N) is 2. The first-order valence-corrected chi connectivity index (χ1v) is 8.24. The van der Waals surface area contributed by atoms with Gasteiger partial charge in [0.2, 0.25) is 5.91 Å². The van der Waals surface area contributed by atoms with Crippen LogP contribution in [-0.2, 0) is 25.5 Å². The Balaban J connectivity index is 1.85. The fourth-order valence-corrected chi connectivity index (χ4v) is 2.59. The van der Waals surface area contributed by atoms with Crippen LogP contribution in [0.15, 0.2) is 24.3 Å². The van der Waals surface area contributed by atoms with E-state index in [0.717, 1.165) is 12.1 Å². The summed E-state index contributed by atoms with van der Waals surface area (Å²) in [6.07, 6.45) is 1.19. The fraction of sp³-hybridized carbons (Fsp3) is 0.444. The zero-order valence-electron chi connectivity index (χ0n) is 14.2. The highest BCUT2D eigenvalue weighted by molar-refractivity contribution is 5.99. The summed E-state index contributed by atoms with van der Waals surface area (Å²) in [7, 11) is 0. The summed E-state index contributed by atoms with van der Waals surface area (Å²) < 4.78 is 4.97. The predicted molar refractivity (Wildman–Crippen MR) is 90.5 cm³/mol. The number of rotatable bonds is 7. The Morgan fingerprint density at radius 3 is 2.72 bits per heavy atom. The molecule has 1 saturated heterocycles. The highest BCUT2D eigenvalue weighted by atomic mass is 16.5. The highest BCUT2D eigenvalue weighted by Crippen LogP contribution is 2.26. The summed E-state index contributed by atoms with van der Waals surface area (Å²) in [5, 5.41) is 10.9. The molecule has 1 aliphatic heterocycles. The molecule has 1 aromatic rings. The van der Waals surface area contributed by atoms with Gasteiger partial charge in [-0.25, -0.2) is 0 Å². The minimum absolute atomic E-state index is 0.0738. The van der Waals surface area contributed by atoms with Crippen molar-refractivity contribution in [2.45, 2.75) is 26.2 Å². The number of hydrogen-bond donors (Lipinski definition) is 1. The minimum atomic E-state index is -0.578. The van der Waals surface area contributed by atoms with E-state index in [9.17, 15) is 14.4 Å². The molecule has 0 aliphatic carbocycles. The van der Waals surface area contributed by atoms with Gasteiger partial charge in [0.05, 0.1) is 18.4 Å². The molecule has 2 rings (SSSR count). The van der Waals surface area contributed by atoms with Crippen LogP contribution in [0.5, 0.6) is 0 Å². The molecule has 1 aromatic carbocycles. The summed E-state index contributed by atoms with van der Waals surface area (Å²) in [4.78, 5) is 37.3. The second-order valence-corrected chi connectivity index (χ2v) is 5.79. The molecular formula is C18H21N3O4. The van der Waals surface area contributed by atoms with E-state index < -0.39 is 24.4 Å². The number of esters is 1. The average Bonchev–Trinajstić information content (AvgIpc) is 3.02. The lowest BCUT2D eigenvalue weighted by molar-refractivity contribution is -0.152. The molecule has 0 bridgehead atoms. The third-order valence-electron chi connectivity index (χ3n) is 4.02. The van der Waals surface area contributed by atoms with Gasteiger partial charge in [-0.05, 0) is 24.1 Å². The highest BCUT2D eigenvalue weighted by Gasteiger charge is 2.36. The van der Waals surface area contributed by atoms with Crippen LogP contribution in [0.1, 0.15) is 25.3 Å². The maximum absolute atomic E-state index is 12.2. The number of amides is 2. The van der Waals surface area contributed by atoms with Crippen LogP contribution in [0.25, 0.3) is 0 Å². The molecule has 1 aliphatic rings. The average molecular weight is 343 g/mol. The van der Waals surface area contributed by atoms with Crippen molar-refractivity contribution in [3.8, 4) is 6.07 Å². The van der Waals surface area contributed by atoms with Crippen LogP contribution >= 0.6 is 0 Å². The van der Waals surface area contributed by atoms with Crippen LogP contribution in [0.3, 0.4) is 0 Å². The summed E-state index contributed by atoms with van der Waals surface area (Å²) >= 11 is 0. The second-order valence-electron chi connectivity index (χ2n) is 5.79. The van der Waals surface area contributed by atoms with Gasteiger partial charge in [-0.1, -0.05) is 19.1 Å². The smallest absolute Gasteiger partial charge is 0.311 e. The topological polar surface area (TPSA) is 99.5 Å². The molecule has 2 amide bonds. The van der Waals surface area contributed by atoms with Gasteiger partial charge in [0.1, 0.15) is 0 Å². The maximum atomic E-state index is 12.2. The van der Waals surface area contributed by atoms with Crippen molar-refractivity contribution in [3.05, 3.63) is 29.8 Å². The van der Waals surface area contributed by atoms with E-state index in [-0.39, 0.29) is 31.8 Å². The van der Waals surface area contributed by atoms with Crippen LogP contribution in [0.4, 0.5) is 5.69 Å². The van der Waals surface area contributed by atoms with Gasteiger partial charge >= 0.3 is 5.97 Å². The van der Waals surface area contributed by atoms with Gasteiger partial charge in [0, 0.05) is 25.2 Å². The number of carbonyl (C=O) groups excluding carboxylic acids is 3. The molecule has 25 heavy (non-hydrogen) atoms. The van der Waals surface area contributed by atoms with Crippen LogP contribution < -0.4 is 10.2 Å². The normalized spacial score (nSPS) is 16.4. The molecule has 7 nitrogen and oxygen atoms in total. The molecule has 0 spiro atoms. The number of hydrogen-bond acceptors (Lipinski definition) is 5. The summed E-state index contributed by atoms with van der Waals surface area (Å²) in [6.45, 7) is 2.12. The Labute approximate surface area is 146 Å². The minimum Gasteiger partial charge on any atom is -0.455 e. The Morgan fingerprint density at radius 1 is 1.36 bits per heavy atom. The molecule has 1 N–H and O–H groups in total. The molecule has 132 valence electrons. The standard InChI is InChI=1S/C18H21N3O4/c1-2-13-4-6-15(7-5-13)21-11-14(10-17(21)23)18(24)25-12-16(22)20-9-3-8-19/h4-7,14H,2-3,9-12H2,1H3,(H,20,22)/t14-/m1/s1. The zero-order chi connectivity index (χ0) is 18.2. The van der Waals surface area contributed by atoms with Crippen molar-refractivity contribution in [1.82, 2.24) is 5.32 Å². The largest absolute Gasteiger partial charge is 0.455 e. The fourth-order valence-electron chi connectivity index (χ4n) is 2.59. The van der Waals surface area contributed by atoms with Crippen molar-refractivity contribution < 1.29 is 19.1 Å². The Morgan fingerprint density at radius 2 is 2.08 bits per heavy atom. The number of carbonyl (C=O) groups is 3. The van der Waals surface area contributed by atoms with Crippen molar-refractivity contribution in [2.75, 3.05) is 24.6 Å². The van der Waals surface area contributed by atoms with Gasteiger partial charge in [0.25, 0.3) is 5.91 Å². The molecular weight excluding hydrogens is 322 g/mol. The third-order valence-corrected chi connectivity index (χ3v) is 4.02. The second kappa shape index (κ2) is 8.83. The summed E-state index contributed by atoms with van der Waals surface area (Å²) in [6, 6.07) is 9.55. The number of benzene rings is 1. The quantitative estimate of drug-likeness (QED) is 0.592. The van der Waals surface area contributed by atoms with Gasteiger partial charge in [-0.2, -0.15) is 5.26 Å². The van der Waals surface area contributed by atoms with Crippen LogP contribution in [0.2, 0.25) is 0 Å². The number of ether oxygens (including phenoxy) is 1.